The molecule has 70 valence electrons. The van der Waals surface area contributed by atoms with E-state index < -0.39 is 0 Å². The third-order valence-corrected chi connectivity index (χ3v) is 3.82. The average molecular weight is 188 g/mol. The van der Waals surface area contributed by atoms with Crippen LogP contribution in [0.4, 0.5) is 0 Å². The van der Waals surface area contributed by atoms with E-state index in [1.165, 1.54) is 38.6 Å². The topological polar surface area (TPSA) is 12.0 Å². The van der Waals surface area contributed by atoms with Crippen LogP contribution >= 0.6 is 11.6 Å². The van der Waals surface area contributed by atoms with Gasteiger partial charge in [-0.15, -0.1) is 11.6 Å². The molecule has 1 nitrogen and oxygen atoms in total. The molecule has 0 spiro atoms. The third kappa shape index (κ3) is 1.77. The molecule has 0 aliphatic heterocycles. The van der Waals surface area contributed by atoms with Crippen LogP contribution in [-0.2, 0) is 0 Å². The van der Waals surface area contributed by atoms with Crippen LogP contribution in [0.1, 0.15) is 39.0 Å². The molecule has 2 fully saturated rings. The van der Waals surface area contributed by atoms with Crippen molar-refractivity contribution in [2.24, 2.45) is 5.41 Å². The second-order valence-corrected chi connectivity index (χ2v) is 5.43. The number of halogens is 1. The van der Waals surface area contributed by atoms with Crippen molar-refractivity contribution in [3.63, 3.8) is 0 Å². The molecule has 0 aromatic heterocycles. The van der Waals surface area contributed by atoms with E-state index in [-0.39, 0.29) is 0 Å². The van der Waals surface area contributed by atoms with Crippen LogP contribution in [0.2, 0.25) is 0 Å². The molecule has 0 atom stereocenters. The Bertz CT molecular complexity index is 159. The highest BCUT2D eigenvalue weighted by molar-refractivity contribution is 6.21. The number of rotatable bonds is 3. The van der Waals surface area contributed by atoms with E-state index in [2.05, 4.69) is 12.2 Å². The molecular weight excluding hydrogens is 170 g/mol. The fourth-order valence-electron chi connectivity index (χ4n) is 2.06. The van der Waals surface area contributed by atoms with Crippen LogP contribution in [0.3, 0.4) is 0 Å². The van der Waals surface area contributed by atoms with Crippen molar-refractivity contribution in [3.05, 3.63) is 0 Å². The second kappa shape index (κ2) is 3.19. The van der Waals surface area contributed by atoms with Crippen LogP contribution in [0.15, 0.2) is 0 Å². The van der Waals surface area contributed by atoms with Gasteiger partial charge in [0.1, 0.15) is 0 Å². The summed E-state index contributed by atoms with van der Waals surface area (Å²) in [5, 5.41) is 4.06. The number of hydrogen-bond acceptors (Lipinski definition) is 1. The molecule has 0 aromatic rings. The lowest BCUT2D eigenvalue weighted by atomic mass is 9.70. The Balaban J connectivity index is 1.62. The van der Waals surface area contributed by atoms with Crippen LogP contribution in [0.5, 0.6) is 0 Å². The van der Waals surface area contributed by atoms with Crippen LogP contribution in [0, 0.1) is 5.41 Å². The van der Waals surface area contributed by atoms with Gasteiger partial charge in [0.25, 0.3) is 0 Å². The summed E-state index contributed by atoms with van der Waals surface area (Å²) in [7, 11) is 0. The van der Waals surface area contributed by atoms with Gasteiger partial charge in [0.2, 0.25) is 0 Å². The molecule has 0 aromatic carbocycles. The second-order valence-electron chi connectivity index (χ2n) is 4.81. The lowest BCUT2D eigenvalue weighted by Gasteiger charge is -2.42. The molecule has 0 bridgehead atoms. The van der Waals surface area contributed by atoms with E-state index in [1.807, 2.05) is 0 Å². The first-order chi connectivity index (χ1) is 5.68. The summed E-state index contributed by atoms with van der Waals surface area (Å²) in [6.07, 6.45) is 6.62. The minimum atomic E-state index is 0.455. The molecule has 12 heavy (non-hydrogen) atoms. The zero-order chi connectivity index (χ0) is 8.60. The van der Waals surface area contributed by atoms with Gasteiger partial charge in [0, 0.05) is 18.0 Å². The smallest absolute Gasteiger partial charge is 0.0365 e. The summed E-state index contributed by atoms with van der Waals surface area (Å²) >= 11 is 5.90. The van der Waals surface area contributed by atoms with Gasteiger partial charge in [0.15, 0.2) is 0 Å². The normalized spacial score (nSPS) is 38.5. The predicted molar refractivity (Wildman–Crippen MR) is 52.6 cm³/mol. The average Bonchev–Trinajstić information content (AvgIpc) is 1.92. The van der Waals surface area contributed by atoms with Gasteiger partial charge in [-0.3, -0.25) is 0 Å². The standard InChI is InChI=1S/C10H18ClN/c1-10(3-2-4-10)7-12-9-5-8(11)6-9/h8-9,12H,2-7H2,1H3. The Labute approximate surface area is 79.9 Å². The SMILES string of the molecule is CC1(CNC2CC(Cl)C2)CCC1. The highest BCUT2D eigenvalue weighted by atomic mass is 35.5. The molecule has 0 unspecified atom stereocenters. The highest BCUT2D eigenvalue weighted by Gasteiger charge is 2.34. The quantitative estimate of drug-likeness (QED) is 0.670. The van der Waals surface area contributed by atoms with Crippen LogP contribution in [-0.4, -0.2) is 18.0 Å². The molecule has 0 saturated heterocycles. The zero-order valence-corrected chi connectivity index (χ0v) is 8.53. The Morgan fingerprint density at radius 1 is 1.42 bits per heavy atom. The summed E-state index contributed by atoms with van der Waals surface area (Å²) in [6.45, 7) is 3.60. The van der Waals surface area contributed by atoms with Gasteiger partial charge in [-0.25, -0.2) is 0 Å². The maximum absolute atomic E-state index is 5.90. The molecule has 2 aliphatic carbocycles. The lowest BCUT2D eigenvalue weighted by Crippen LogP contribution is -2.47. The van der Waals surface area contributed by atoms with Gasteiger partial charge in [-0.2, -0.15) is 0 Å². The highest BCUT2D eigenvalue weighted by Crippen LogP contribution is 2.40. The summed E-state index contributed by atoms with van der Waals surface area (Å²) in [5.74, 6) is 0. The minimum absolute atomic E-state index is 0.455. The Morgan fingerprint density at radius 2 is 2.08 bits per heavy atom. The van der Waals surface area contributed by atoms with E-state index in [1.54, 1.807) is 0 Å². The lowest BCUT2D eigenvalue weighted by molar-refractivity contribution is 0.142. The number of hydrogen-bond donors (Lipinski definition) is 1. The van der Waals surface area contributed by atoms with Crippen molar-refractivity contribution < 1.29 is 0 Å². The fraction of sp³-hybridized carbons (Fsp3) is 1.00. The molecule has 2 heteroatoms. The van der Waals surface area contributed by atoms with Crippen molar-refractivity contribution in [1.29, 1.82) is 0 Å². The molecule has 0 amide bonds. The number of alkyl halides is 1. The molecule has 1 N–H and O–H groups in total. The molecule has 0 radical (unpaired) electrons. The van der Waals surface area contributed by atoms with Crippen molar-refractivity contribution in [2.45, 2.75) is 50.4 Å². The summed E-state index contributed by atoms with van der Waals surface area (Å²) in [6, 6.07) is 0.727. The summed E-state index contributed by atoms with van der Waals surface area (Å²) < 4.78 is 0. The van der Waals surface area contributed by atoms with Crippen molar-refractivity contribution in [3.8, 4) is 0 Å². The van der Waals surface area contributed by atoms with Crippen molar-refractivity contribution >= 4 is 11.6 Å². The third-order valence-electron chi connectivity index (χ3n) is 3.46. The van der Waals surface area contributed by atoms with E-state index in [4.69, 9.17) is 11.6 Å². The van der Waals surface area contributed by atoms with E-state index in [0.29, 0.717) is 10.8 Å². The first kappa shape index (κ1) is 8.83. The van der Waals surface area contributed by atoms with Crippen LogP contribution in [0.25, 0.3) is 0 Å². The Morgan fingerprint density at radius 3 is 2.50 bits per heavy atom. The Hall–Kier alpha value is 0.250. The first-order valence-electron chi connectivity index (χ1n) is 5.05. The van der Waals surface area contributed by atoms with Crippen LogP contribution < -0.4 is 5.32 Å². The molecular formula is C10H18ClN. The van der Waals surface area contributed by atoms with E-state index in [0.717, 1.165) is 6.04 Å². The van der Waals surface area contributed by atoms with Gasteiger partial charge in [-0.1, -0.05) is 13.3 Å². The molecule has 0 heterocycles. The van der Waals surface area contributed by atoms with Crippen molar-refractivity contribution in [2.75, 3.05) is 6.54 Å². The molecule has 2 aliphatic rings. The Kier molecular flexibility index (Phi) is 2.35. The fourth-order valence-corrected chi connectivity index (χ4v) is 2.49. The van der Waals surface area contributed by atoms with Gasteiger partial charge < -0.3 is 5.32 Å². The predicted octanol–water partition coefficient (Wildman–Crippen LogP) is 2.54. The first-order valence-corrected chi connectivity index (χ1v) is 5.49. The molecule has 2 rings (SSSR count). The summed E-state index contributed by atoms with van der Waals surface area (Å²) in [5.41, 5.74) is 0.622. The zero-order valence-electron chi connectivity index (χ0n) is 7.78. The van der Waals surface area contributed by atoms with Gasteiger partial charge >= 0.3 is 0 Å². The number of nitrogens with one attached hydrogen (secondary N) is 1. The van der Waals surface area contributed by atoms with Crippen molar-refractivity contribution in [1.82, 2.24) is 5.32 Å². The van der Waals surface area contributed by atoms with Gasteiger partial charge in [-0.05, 0) is 31.1 Å². The maximum Gasteiger partial charge on any atom is 0.0365 e. The largest absolute Gasteiger partial charge is 0.313 e. The maximum atomic E-state index is 5.90. The van der Waals surface area contributed by atoms with Gasteiger partial charge in [0.05, 0.1) is 0 Å². The minimum Gasteiger partial charge on any atom is -0.313 e. The summed E-state index contributed by atoms with van der Waals surface area (Å²) in [4.78, 5) is 0. The molecule has 2 saturated carbocycles. The monoisotopic (exact) mass is 187 g/mol. The van der Waals surface area contributed by atoms with E-state index in [9.17, 15) is 0 Å². The van der Waals surface area contributed by atoms with E-state index >= 15 is 0 Å².